The first-order valence-corrected chi connectivity index (χ1v) is 31.2. The van der Waals surface area contributed by atoms with E-state index in [-0.39, 0.29) is 79.7 Å². The van der Waals surface area contributed by atoms with Crippen molar-refractivity contribution in [2.24, 2.45) is 5.92 Å². The third-order valence-electron chi connectivity index (χ3n) is 16.2. The van der Waals surface area contributed by atoms with E-state index in [1.807, 2.05) is 25.2 Å². The van der Waals surface area contributed by atoms with Gasteiger partial charge in [0, 0.05) is 73.7 Å². The highest BCUT2D eigenvalue weighted by Crippen LogP contribution is 2.49. The van der Waals surface area contributed by atoms with E-state index >= 15 is 0 Å². The number of halogens is 2. The summed E-state index contributed by atoms with van der Waals surface area (Å²) >= 11 is 9.89. The number of allylic oxidation sites excluding steroid dienone is 4. The van der Waals surface area contributed by atoms with E-state index in [0.717, 1.165) is 41.7 Å². The van der Waals surface area contributed by atoms with Crippen molar-refractivity contribution in [1.82, 2.24) is 25.3 Å². The molecule has 26 nitrogen and oxygen atoms in total. The standard InChI is InChI=1S/C62H84BrClN8O18/c1-37-17-16-20-48(84-10)62(82)34-47(88-58(79)68-62)38(2)55-61(4,90-55)49(33-53(76)72(8)45-31-41(29-37)32-46(83-9)54(45)64)89-56(77)39(3)71(7)52(75)24-28-85-59(80)69(5)26-27-70(6)60(81)86-36-40-21-22-43(44(30-40)66-50(73)23-25-65-51(74)35-63)67-57(78)87-42-18-14-12-11-13-15-19-42/h14,16-18,20-22,30-32,38-39,42,47-49,55,82H,11-13,15,19,23-29,33-36H2,1-10H3,(H,65,74)(H,66,73)(H,67,78)(H,68,79)/b18-14+,20-16+,37-17+/t38-,39+,42?,47+,48-,49+,55?,61+,62+/m1/s1. The normalized spacial score (nSPS) is 25.0. The molecule has 0 aromatic heterocycles. The molecule has 494 valence electrons. The Kier molecular flexibility index (Phi) is 26.3. The van der Waals surface area contributed by atoms with Crippen molar-refractivity contribution in [1.29, 1.82) is 0 Å². The molecule has 9 atom stereocenters. The minimum atomic E-state index is -1.91. The number of alkyl halides is 1. The van der Waals surface area contributed by atoms with Gasteiger partial charge in [-0.3, -0.25) is 29.8 Å². The zero-order valence-corrected chi connectivity index (χ0v) is 54.9. The quantitative estimate of drug-likeness (QED) is 0.0281. The maximum Gasteiger partial charge on any atom is 0.412 e. The zero-order chi connectivity index (χ0) is 66.0. The number of nitrogens with one attached hydrogen (secondary N) is 4. The fraction of sp³-hybridized carbons (Fsp3) is 0.565. The number of carbonyl (C=O) groups excluding carboxylic acids is 9. The lowest BCUT2D eigenvalue weighted by atomic mass is 9.83. The molecule has 3 aliphatic heterocycles. The summed E-state index contributed by atoms with van der Waals surface area (Å²) in [5, 5.41) is 22.7. The smallest absolute Gasteiger partial charge is 0.412 e. The number of ether oxygens (including phenoxy) is 8. The van der Waals surface area contributed by atoms with Crippen LogP contribution in [-0.2, 0) is 70.2 Å². The first-order chi connectivity index (χ1) is 42.7. The van der Waals surface area contributed by atoms with Crippen LogP contribution in [0.4, 0.5) is 36.2 Å². The van der Waals surface area contributed by atoms with Gasteiger partial charge in [-0.05, 0) is 94.3 Å². The lowest BCUT2D eigenvalue weighted by Gasteiger charge is -2.42. The molecular formula is C62H84BrClN8O18. The van der Waals surface area contributed by atoms with Crippen LogP contribution in [0.3, 0.4) is 0 Å². The third-order valence-corrected chi connectivity index (χ3v) is 17.1. The Hall–Kier alpha value is -7.46. The lowest BCUT2D eigenvalue weighted by Crippen LogP contribution is -2.63. The van der Waals surface area contributed by atoms with Gasteiger partial charge in [0.15, 0.2) is 5.72 Å². The summed E-state index contributed by atoms with van der Waals surface area (Å²) in [6, 6.07) is 6.93. The largest absolute Gasteiger partial charge is 0.495 e. The molecule has 5 N–H and O–H groups in total. The molecule has 1 aliphatic carbocycles. The highest BCUT2D eigenvalue weighted by atomic mass is 79.9. The van der Waals surface area contributed by atoms with E-state index in [2.05, 4.69) is 37.2 Å². The summed E-state index contributed by atoms with van der Waals surface area (Å²) < 4.78 is 46.0. The Morgan fingerprint density at radius 2 is 1.66 bits per heavy atom. The van der Waals surface area contributed by atoms with Gasteiger partial charge in [-0.25, -0.2) is 24.0 Å². The number of amides is 8. The summed E-state index contributed by atoms with van der Waals surface area (Å²) in [5.74, 6) is -3.09. The van der Waals surface area contributed by atoms with Crippen LogP contribution in [0.1, 0.15) is 96.6 Å². The zero-order valence-electron chi connectivity index (χ0n) is 52.6. The topological polar surface area (TPSA) is 312 Å². The van der Waals surface area contributed by atoms with Gasteiger partial charge in [-0.15, -0.1) is 0 Å². The fourth-order valence-electron chi connectivity index (χ4n) is 10.4. The summed E-state index contributed by atoms with van der Waals surface area (Å²) in [6.45, 7) is 6.15. The molecule has 8 amide bonds. The predicted octanol–water partition coefficient (Wildman–Crippen LogP) is 7.52. The van der Waals surface area contributed by atoms with Crippen molar-refractivity contribution in [2.45, 2.75) is 146 Å². The average molecular weight is 1340 g/mol. The van der Waals surface area contributed by atoms with Crippen molar-refractivity contribution in [3.05, 3.63) is 82.4 Å². The van der Waals surface area contributed by atoms with Crippen molar-refractivity contribution in [3.63, 3.8) is 0 Å². The highest BCUT2D eigenvalue weighted by Gasteiger charge is 2.64. The van der Waals surface area contributed by atoms with Crippen molar-refractivity contribution >= 4 is 98.6 Å². The van der Waals surface area contributed by atoms with Crippen LogP contribution >= 0.6 is 27.5 Å². The molecule has 2 saturated heterocycles. The van der Waals surface area contributed by atoms with Crippen LogP contribution < -0.4 is 30.9 Å². The van der Waals surface area contributed by atoms with Gasteiger partial charge in [0.1, 0.15) is 60.0 Å². The molecule has 2 aromatic rings. The van der Waals surface area contributed by atoms with Crippen LogP contribution in [0, 0.1) is 5.92 Å². The van der Waals surface area contributed by atoms with E-state index in [9.17, 15) is 48.3 Å². The summed E-state index contributed by atoms with van der Waals surface area (Å²) in [6.07, 6.45) is 5.37. The number of hydrogen-bond donors (Lipinski definition) is 5. The number of likely N-dealkylation sites (N-methyl/N-ethyl adjacent to an activating group) is 3. The average Bonchev–Trinajstić information content (AvgIpc) is 1.57. The first kappa shape index (κ1) is 71.6. The molecule has 90 heavy (non-hydrogen) atoms. The maximum atomic E-state index is 14.4. The molecule has 3 heterocycles. The Balaban J connectivity index is 1.03. The Bertz CT molecular complexity index is 3040. The number of carbonyl (C=O) groups is 9. The monoisotopic (exact) mass is 1340 g/mol. The third kappa shape index (κ3) is 19.8. The van der Waals surface area contributed by atoms with Gasteiger partial charge in [0.05, 0.1) is 48.4 Å². The summed E-state index contributed by atoms with van der Waals surface area (Å²) in [7, 11) is 8.64. The van der Waals surface area contributed by atoms with Crippen molar-refractivity contribution < 1.29 is 86.2 Å². The fourth-order valence-corrected chi connectivity index (χ4v) is 11.0. The van der Waals surface area contributed by atoms with Gasteiger partial charge in [-0.2, -0.15) is 0 Å². The Labute approximate surface area is 537 Å². The molecule has 0 radical (unpaired) electrons. The van der Waals surface area contributed by atoms with Crippen molar-refractivity contribution in [2.75, 3.05) is 89.5 Å². The first-order valence-electron chi connectivity index (χ1n) is 29.7. The molecule has 2 fully saturated rings. The van der Waals surface area contributed by atoms with Gasteiger partial charge in [0.2, 0.25) is 23.6 Å². The van der Waals surface area contributed by atoms with Crippen LogP contribution in [-0.4, -0.2) is 196 Å². The molecule has 28 heteroatoms. The lowest BCUT2D eigenvalue weighted by molar-refractivity contribution is -0.162. The number of methoxy groups -OCH3 is 2. The van der Waals surface area contributed by atoms with Crippen LogP contribution in [0.25, 0.3) is 0 Å². The number of nitrogens with zero attached hydrogens (tertiary/aromatic N) is 4. The minimum absolute atomic E-state index is 0.00113. The van der Waals surface area contributed by atoms with Crippen LogP contribution in [0.2, 0.25) is 5.02 Å². The molecule has 4 aliphatic rings. The molecule has 0 saturated carbocycles. The van der Waals surface area contributed by atoms with Gasteiger partial charge in [-0.1, -0.05) is 76.8 Å². The van der Waals surface area contributed by atoms with Gasteiger partial charge in [0.25, 0.3) is 0 Å². The molecule has 0 spiro atoms. The molecule has 2 unspecified atom stereocenters. The van der Waals surface area contributed by atoms with Crippen LogP contribution in [0.15, 0.2) is 66.3 Å². The van der Waals surface area contributed by atoms with E-state index in [4.69, 9.17) is 49.5 Å². The molecular weight excluding hydrogens is 1260 g/mol. The van der Waals surface area contributed by atoms with Crippen molar-refractivity contribution in [3.8, 4) is 5.75 Å². The second kappa shape index (κ2) is 33.0. The van der Waals surface area contributed by atoms with Gasteiger partial charge < -0.3 is 73.2 Å². The number of hydrogen-bond acceptors (Lipinski definition) is 18. The number of rotatable bonds is 20. The maximum absolute atomic E-state index is 14.4. The van der Waals surface area contributed by atoms with E-state index in [1.165, 1.54) is 76.2 Å². The SMILES string of the molecule is COc1cc2cc(c1Cl)N(C)C(=O)C[C@H](OC(=O)[C@H](C)N(C)C(=O)CCOC(=O)N(C)CCN(C)C(=O)OCc1ccc(NC(=O)OC3/C=C/CCCCC3)c(NC(=O)CCNC(=O)CBr)c1)[C@]1(C)OC1[C@H](C)[C@@H]1C[C@@](O)(NC(=O)O1)[C@H](OC)/C=C/C=C(\C)C2. The Morgan fingerprint density at radius 3 is 2.36 bits per heavy atom. The number of fused-ring (bicyclic) bond motifs is 5. The molecule has 6 rings (SSSR count). The summed E-state index contributed by atoms with van der Waals surface area (Å²) in [4.78, 5) is 124. The number of esters is 1. The number of anilines is 3. The molecule has 2 aromatic carbocycles. The second-order valence-corrected chi connectivity index (χ2v) is 23.9. The molecule has 4 bridgehead atoms. The van der Waals surface area contributed by atoms with Crippen LogP contribution in [0.5, 0.6) is 5.75 Å². The summed E-state index contributed by atoms with van der Waals surface area (Å²) in [5.41, 5.74) is -0.451. The predicted molar refractivity (Wildman–Crippen MR) is 335 cm³/mol. The van der Waals surface area contributed by atoms with E-state index in [1.54, 1.807) is 44.2 Å². The van der Waals surface area contributed by atoms with E-state index in [0.29, 0.717) is 29.8 Å². The number of epoxide rings is 1. The Morgan fingerprint density at radius 1 is 0.933 bits per heavy atom. The number of alkyl carbamates (subject to hydrolysis) is 1. The number of aliphatic hydroxyl groups is 1. The van der Waals surface area contributed by atoms with E-state index < -0.39 is 108 Å². The highest BCUT2D eigenvalue weighted by molar-refractivity contribution is 9.09. The van der Waals surface area contributed by atoms with Gasteiger partial charge >= 0.3 is 30.3 Å². The second-order valence-electron chi connectivity index (χ2n) is 23.0. The number of benzene rings is 2. The minimum Gasteiger partial charge on any atom is -0.495 e.